The summed E-state index contributed by atoms with van der Waals surface area (Å²) in [6.45, 7) is 4.15. The monoisotopic (exact) mass is 486 g/mol. The molecule has 1 aliphatic rings. The number of aryl methyl sites for hydroxylation is 1. The fourth-order valence-corrected chi connectivity index (χ4v) is 4.10. The second kappa shape index (κ2) is 13.6. The molecule has 1 saturated carbocycles. The van der Waals surface area contributed by atoms with Crippen molar-refractivity contribution in [2.75, 3.05) is 0 Å². The highest BCUT2D eigenvalue weighted by molar-refractivity contribution is 9.10. The fraction of sp³-hybridized carbons (Fsp3) is 0.478. The first kappa shape index (κ1) is 25.5. The first-order chi connectivity index (χ1) is 12.7. The lowest BCUT2D eigenvalue weighted by Crippen LogP contribution is -2.49. The van der Waals surface area contributed by atoms with Gasteiger partial charge >= 0.3 is 0 Å². The molecule has 0 aromatic heterocycles. The van der Waals surface area contributed by atoms with Crippen molar-refractivity contribution in [2.24, 2.45) is 0 Å². The molecule has 2 unspecified atom stereocenters. The first-order valence-corrected chi connectivity index (χ1v) is 10.8. The van der Waals surface area contributed by atoms with Crippen molar-refractivity contribution in [3.63, 3.8) is 0 Å². The summed E-state index contributed by atoms with van der Waals surface area (Å²) in [7, 11) is 0. The Morgan fingerprint density at radius 3 is 1.64 bits per heavy atom. The zero-order valence-corrected chi connectivity index (χ0v) is 19.8. The van der Waals surface area contributed by atoms with E-state index in [0.29, 0.717) is 12.1 Å². The van der Waals surface area contributed by atoms with Crippen molar-refractivity contribution in [1.29, 1.82) is 0 Å². The van der Waals surface area contributed by atoms with Gasteiger partial charge in [0.25, 0.3) is 0 Å². The van der Waals surface area contributed by atoms with Crippen molar-refractivity contribution in [3.05, 3.63) is 69.7 Å². The molecule has 2 N–H and O–H groups in total. The largest absolute Gasteiger partial charge is 0.308 e. The number of hydrogen-bond acceptors (Lipinski definition) is 2. The highest BCUT2D eigenvalue weighted by Gasteiger charge is 2.24. The summed E-state index contributed by atoms with van der Waals surface area (Å²) in [5.74, 6) is 0. The number of benzene rings is 2. The Bertz CT molecular complexity index is 661. The van der Waals surface area contributed by atoms with Crippen LogP contribution in [0.1, 0.15) is 55.7 Å². The topological polar surface area (TPSA) is 24.1 Å². The van der Waals surface area contributed by atoms with Crippen LogP contribution in [0, 0.1) is 0 Å². The zero-order chi connectivity index (χ0) is 18.2. The van der Waals surface area contributed by atoms with E-state index in [1.165, 1.54) is 55.2 Å². The third kappa shape index (κ3) is 8.04. The van der Waals surface area contributed by atoms with Gasteiger partial charge < -0.3 is 10.6 Å². The third-order valence-electron chi connectivity index (χ3n) is 5.38. The van der Waals surface area contributed by atoms with Crippen LogP contribution >= 0.6 is 40.7 Å². The fourth-order valence-electron chi connectivity index (χ4n) is 3.83. The Morgan fingerprint density at radius 2 is 1.18 bits per heavy atom. The number of halogens is 3. The average molecular weight is 488 g/mol. The van der Waals surface area contributed by atoms with Gasteiger partial charge in [0.1, 0.15) is 0 Å². The Balaban J connectivity index is 0.00000196. The minimum absolute atomic E-state index is 0. The molecule has 0 spiro atoms. The molecule has 2 aromatic rings. The van der Waals surface area contributed by atoms with Gasteiger partial charge in [-0.05, 0) is 48.1 Å². The van der Waals surface area contributed by atoms with E-state index >= 15 is 0 Å². The van der Waals surface area contributed by atoms with Gasteiger partial charge in [0.2, 0.25) is 0 Å². The normalized spacial score (nSPS) is 18.8. The predicted molar refractivity (Wildman–Crippen MR) is 129 cm³/mol. The highest BCUT2D eigenvalue weighted by Crippen LogP contribution is 2.20. The second-order valence-corrected chi connectivity index (χ2v) is 8.37. The predicted octanol–water partition coefficient (Wildman–Crippen LogP) is 6.44. The lowest BCUT2D eigenvalue weighted by atomic mass is 9.90. The van der Waals surface area contributed by atoms with Crippen LogP contribution in [0.4, 0.5) is 0 Å². The Hall–Kier alpha value is -0.580. The van der Waals surface area contributed by atoms with Gasteiger partial charge in [-0.3, -0.25) is 0 Å². The molecule has 3 rings (SSSR count). The quantitative estimate of drug-likeness (QED) is 0.447. The van der Waals surface area contributed by atoms with E-state index < -0.39 is 0 Å². The summed E-state index contributed by atoms with van der Waals surface area (Å²) in [6, 6.07) is 18.9. The van der Waals surface area contributed by atoms with Crippen LogP contribution in [0.2, 0.25) is 0 Å². The van der Waals surface area contributed by atoms with Gasteiger partial charge in [0.05, 0.1) is 0 Å². The van der Waals surface area contributed by atoms with Gasteiger partial charge in [-0.25, -0.2) is 0 Å². The van der Waals surface area contributed by atoms with Crippen LogP contribution in [-0.2, 0) is 19.5 Å². The molecular formula is C23H33BrCl2N2. The molecule has 1 aliphatic carbocycles. The van der Waals surface area contributed by atoms with Crippen LogP contribution in [0.25, 0.3) is 0 Å². The smallest absolute Gasteiger partial charge is 0.0224 e. The summed E-state index contributed by atoms with van der Waals surface area (Å²) in [6.07, 6.45) is 7.60. The maximum absolute atomic E-state index is 3.81. The van der Waals surface area contributed by atoms with Crippen molar-refractivity contribution >= 4 is 40.7 Å². The number of nitrogens with one attached hydrogen (secondary N) is 2. The van der Waals surface area contributed by atoms with Crippen LogP contribution < -0.4 is 10.6 Å². The summed E-state index contributed by atoms with van der Waals surface area (Å²) in [5, 5.41) is 7.61. The standard InChI is InChI=1S/C23H31BrN2.2ClH/c1-2-5-18-8-10-19(11-9-18)16-25-22-6-3-4-7-23(22)26-17-20-12-14-21(24)15-13-20;;/h8-15,22-23,25-26H,2-7,16-17H2,1H3;2*1H. The van der Waals surface area contributed by atoms with Gasteiger partial charge in [-0.15, -0.1) is 24.8 Å². The molecule has 2 aromatic carbocycles. The first-order valence-electron chi connectivity index (χ1n) is 10.0. The molecule has 28 heavy (non-hydrogen) atoms. The molecule has 0 bridgehead atoms. The molecule has 1 fully saturated rings. The Kier molecular flexibility index (Phi) is 12.4. The van der Waals surface area contributed by atoms with Crippen molar-refractivity contribution in [2.45, 2.75) is 70.6 Å². The maximum atomic E-state index is 3.81. The summed E-state index contributed by atoms with van der Waals surface area (Å²) < 4.78 is 1.14. The highest BCUT2D eigenvalue weighted by atomic mass is 79.9. The van der Waals surface area contributed by atoms with Crippen LogP contribution in [0.3, 0.4) is 0 Å². The summed E-state index contributed by atoms with van der Waals surface area (Å²) in [4.78, 5) is 0. The molecule has 156 valence electrons. The molecule has 0 radical (unpaired) electrons. The van der Waals surface area contributed by atoms with Gasteiger partial charge in [0, 0.05) is 29.6 Å². The molecule has 2 atom stereocenters. The van der Waals surface area contributed by atoms with Crippen molar-refractivity contribution in [3.8, 4) is 0 Å². The molecule has 0 amide bonds. The van der Waals surface area contributed by atoms with Crippen LogP contribution in [0.5, 0.6) is 0 Å². The Labute approximate surface area is 191 Å². The SMILES string of the molecule is CCCc1ccc(CNC2CCCCC2NCc2ccc(Br)cc2)cc1.Cl.Cl. The number of hydrogen-bond donors (Lipinski definition) is 2. The van der Waals surface area contributed by atoms with E-state index in [1.54, 1.807) is 0 Å². The van der Waals surface area contributed by atoms with E-state index in [0.717, 1.165) is 17.6 Å². The minimum atomic E-state index is 0. The molecule has 0 heterocycles. The minimum Gasteiger partial charge on any atom is -0.308 e. The molecule has 0 aliphatic heterocycles. The molecule has 5 heteroatoms. The number of rotatable bonds is 8. The molecular weight excluding hydrogens is 455 g/mol. The van der Waals surface area contributed by atoms with Crippen LogP contribution in [0.15, 0.2) is 53.0 Å². The average Bonchev–Trinajstić information content (AvgIpc) is 2.68. The van der Waals surface area contributed by atoms with Crippen molar-refractivity contribution in [1.82, 2.24) is 10.6 Å². The zero-order valence-electron chi connectivity index (χ0n) is 16.6. The Morgan fingerprint density at radius 1 is 0.750 bits per heavy atom. The summed E-state index contributed by atoms with van der Waals surface area (Å²) >= 11 is 3.51. The van der Waals surface area contributed by atoms with E-state index in [9.17, 15) is 0 Å². The summed E-state index contributed by atoms with van der Waals surface area (Å²) in [5.41, 5.74) is 4.19. The lowest BCUT2D eigenvalue weighted by molar-refractivity contribution is 0.281. The van der Waals surface area contributed by atoms with E-state index in [2.05, 4.69) is 82.0 Å². The van der Waals surface area contributed by atoms with Gasteiger partial charge in [-0.1, -0.05) is 78.5 Å². The van der Waals surface area contributed by atoms with E-state index in [-0.39, 0.29) is 24.8 Å². The van der Waals surface area contributed by atoms with Crippen molar-refractivity contribution < 1.29 is 0 Å². The van der Waals surface area contributed by atoms with E-state index in [4.69, 9.17) is 0 Å². The van der Waals surface area contributed by atoms with Crippen LogP contribution in [-0.4, -0.2) is 12.1 Å². The van der Waals surface area contributed by atoms with Gasteiger partial charge in [0.15, 0.2) is 0 Å². The van der Waals surface area contributed by atoms with E-state index in [1.807, 2.05) is 0 Å². The third-order valence-corrected chi connectivity index (χ3v) is 5.91. The second-order valence-electron chi connectivity index (χ2n) is 7.45. The maximum Gasteiger partial charge on any atom is 0.0224 e. The molecule has 0 saturated heterocycles. The van der Waals surface area contributed by atoms with Gasteiger partial charge in [-0.2, -0.15) is 0 Å². The lowest BCUT2D eigenvalue weighted by Gasteiger charge is -2.33. The molecule has 2 nitrogen and oxygen atoms in total.